The third kappa shape index (κ3) is 5.20. The Kier molecular flexibility index (Phi) is 7.04. The van der Waals surface area contributed by atoms with Crippen LogP contribution in [0, 0.1) is 11.6 Å². The minimum atomic E-state index is -0.964. The maximum Gasteiger partial charge on any atom is 0.335 e. The molecule has 0 saturated heterocycles. The fourth-order valence-corrected chi connectivity index (χ4v) is 6.04. The first-order valence-electron chi connectivity index (χ1n) is 12.5. The van der Waals surface area contributed by atoms with E-state index in [1.807, 2.05) is 36.4 Å². The van der Waals surface area contributed by atoms with Crippen LogP contribution in [0.1, 0.15) is 43.7 Å². The van der Waals surface area contributed by atoms with Crippen LogP contribution in [0.5, 0.6) is 11.5 Å². The summed E-state index contributed by atoms with van der Waals surface area (Å²) in [5, 5.41) is 9.95. The van der Waals surface area contributed by atoms with Gasteiger partial charge >= 0.3 is 5.97 Å². The number of carboxylic acids is 1. The Morgan fingerprint density at radius 3 is 2.73 bits per heavy atom. The molecule has 1 N–H and O–H groups in total. The largest absolute Gasteiger partial charge is 0.487 e. The summed E-state index contributed by atoms with van der Waals surface area (Å²) in [7, 11) is 0. The van der Waals surface area contributed by atoms with E-state index in [1.54, 1.807) is 48.3 Å². The van der Waals surface area contributed by atoms with Gasteiger partial charge in [-0.15, -0.1) is 11.8 Å². The number of hydrogen-bond acceptors (Lipinski definition) is 6. The Labute approximate surface area is 232 Å². The van der Waals surface area contributed by atoms with E-state index in [1.165, 1.54) is 0 Å². The predicted octanol–water partition coefficient (Wildman–Crippen LogP) is 7.10. The number of halogens is 2. The number of fused-ring (bicyclic) bond motifs is 3. The molecule has 1 atom stereocenters. The van der Waals surface area contributed by atoms with Crippen LogP contribution >= 0.6 is 11.8 Å². The molecule has 0 saturated carbocycles. The Bertz CT molecular complexity index is 1750. The third-order valence-electron chi connectivity index (χ3n) is 6.66. The summed E-state index contributed by atoms with van der Waals surface area (Å²) < 4.78 is 39.4. The molecular weight excluding hydrogens is 534 g/mol. The quantitative estimate of drug-likeness (QED) is 0.229. The Hall–Kier alpha value is -4.50. The van der Waals surface area contributed by atoms with Gasteiger partial charge in [0.25, 0.3) is 0 Å². The van der Waals surface area contributed by atoms with Crippen molar-refractivity contribution in [3.8, 4) is 11.5 Å². The van der Waals surface area contributed by atoms with Crippen LogP contribution < -0.4 is 9.47 Å². The summed E-state index contributed by atoms with van der Waals surface area (Å²) in [5.41, 5.74) is 4.59. The average molecular weight is 557 g/mol. The number of carbonyl (C=O) groups is 1. The van der Waals surface area contributed by atoms with E-state index in [9.17, 15) is 18.7 Å². The van der Waals surface area contributed by atoms with Crippen LogP contribution in [-0.2, 0) is 19.0 Å². The molecule has 5 aromatic rings. The van der Waals surface area contributed by atoms with Crippen molar-refractivity contribution < 1.29 is 28.2 Å². The minimum Gasteiger partial charge on any atom is -0.487 e. The summed E-state index contributed by atoms with van der Waals surface area (Å²) in [6.45, 7) is 0.431. The van der Waals surface area contributed by atoms with E-state index in [4.69, 9.17) is 9.47 Å². The second-order valence-electron chi connectivity index (χ2n) is 9.23. The van der Waals surface area contributed by atoms with E-state index >= 15 is 0 Å². The van der Waals surface area contributed by atoms with Crippen molar-refractivity contribution in [2.24, 2.45) is 0 Å². The topological polar surface area (TPSA) is 81.5 Å². The number of aromatic carboxylic acids is 1. The van der Waals surface area contributed by atoms with Gasteiger partial charge in [-0.05, 0) is 53.6 Å². The van der Waals surface area contributed by atoms with Crippen molar-refractivity contribution in [1.29, 1.82) is 0 Å². The molecule has 9 heteroatoms. The summed E-state index contributed by atoms with van der Waals surface area (Å²) in [6, 6.07) is 22.0. The van der Waals surface area contributed by atoms with Gasteiger partial charge in [-0.2, -0.15) is 0 Å². The zero-order valence-electron chi connectivity index (χ0n) is 21.0. The average Bonchev–Trinajstić information content (AvgIpc) is 3.12. The zero-order valence-corrected chi connectivity index (χ0v) is 21.8. The molecule has 0 fully saturated rings. The van der Waals surface area contributed by atoms with E-state index in [0.717, 1.165) is 34.5 Å². The fourth-order valence-electron chi connectivity index (χ4n) is 4.68. The van der Waals surface area contributed by atoms with E-state index in [0.29, 0.717) is 40.5 Å². The first-order chi connectivity index (χ1) is 19.5. The smallest absolute Gasteiger partial charge is 0.335 e. The molecule has 6 rings (SSSR count). The van der Waals surface area contributed by atoms with Crippen molar-refractivity contribution in [3.05, 3.63) is 130 Å². The molecule has 0 radical (unpaired) electrons. The molecule has 1 aliphatic heterocycles. The highest BCUT2D eigenvalue weighted by molar-refractivity contribution is 7.99. The van der Waals surface area contributed by atoms with Crippen LogP contribution in [0.25, 0.3) is 10.9 Å². The molecule has 2 aromatic heterocycles. The lowest BCUT2D eigenvalue weighted by atomic mass is 10.0. The molecule has 6 nitrogen and oxygen atoms in total. The first-order valence-corrected chi connectivity index (χ1v) is 13.5. The minimum absolute atomic E-state index is 0.122. The highest BCUT2D eigenvalue weighted by Gasteiger charge is 2.27. The number of hydrogen-bond donors (Lipinski definition) is 1. The summed E-state index contributed by atoms with van der Waals surface area (Å²) in [5.74, 6) is -1.10. The van der Waals surface area contributed by atoms with Crippen molar-refractivity contribution in [3.63, 3.8) is 0 Å². The lowest BCUT2D eigenvalue weighted by molar-refractivity contribution is 0.0696. The van der Waals surface area contributed by atoms with Crippen LogP contribution in [-0.4, -0.2) is 21.0 Å². The SMILES string of the molecule is O=C(O)c1ccccc1CSC1c2cc(OCc3ccc4cc(F)c(F)cc4n3)ccc2OCc2ncccc21. The second kappa shape index (κ2) is 10.9. The van der Waals surface area contributed by atoms with E-state index in [-0.39, 0.29) is 17.4 Å². The van der Waals surface area contributed by atoms with Gasteiger partial charge in [-0.1, -0.05) is 30.3 Å². The van der Waals surface area contributed by atoms with Gasteiger partial charge < -0.3 is 14.6 Å². The van der Waals surface area contributed by atoms with Gasteiger partial charge in [0.2, 0.25) is 0 Å². The molecule has 0 bridgehead atoms. The van der Waals surface area contributed by atoms with Gasteiger partial charge in [0.05, 0.1) is 27.7 Å². The molecule has 3 heterocycles. The van der Waals surface area contributed by atoms with Gasteiger partial charge in [-0.3, -0.25) is 4.98 Å². The lowest BCUT2D eigenvalue weighted by Crippen LogP contribution is -2.05. The monoisotopic (exact) mass is 556 g/mol. The zero-order chi connectivity index (χ0) is 27.6. The second-order valence-corrected chi connectivity index (χ2v) is 10.3. The number of rotatable bonds is 7. The van der Waals surface area contributed by atoms with Crippen LogP contribution in [0.3, 0.4) is 0 Å². The van der Waals surface area contributed by atoms with Crippen molar-refractivity contribution >= 4 is 28.6 Å². The highest BCUT2D eigenvalue weighted by atomic mass is 32.2. The maximum absolute atomic E-state index is 13.7. The Balaban J connectivity index is 1.29. The fraction of sp³-hybridized carbons (Fsp3) is 0.129. The summed E-state index contributed by atoms with van der Waals surface area (Å²) >= 11 is 1.59. The Morgan fingerprint density at radius 1 is 1.00 bits per heavy atom. The molecule has 1 aliphatic rings. The van der Waals surface area contributed by atoms with Crippen LogP contribution in [0.2, 0.25) is 0 Å². The van der Waals surface area contributed by atoms with Crippen molar-refractivity contribution in [1.82, 2.24) is 9.97 Å². The predicted molar refractivity (Wildman–Crippen MR) is 148 cm³/mol. The lowest BCUT2D eigenvalue weighted by Gasteiger charge is -2.20. The standard InChI is InChI=1S/C31H22F2N2O4S/c32-25-12-18-7-8-20(35-27(18)14-26(25)33)15-38-21-9-10-29-24(13-21)30(23-6-3-11-34-28(23)16-39-29)40-17-19-4-1-2-5-22(19)31(36)37/h1-14,30H,15-17H2,(H,36,37). The van der Waals surface area contributed by atoms with Crippen LogP contribution in [0.15, 0.2) is 85.1 Å². The van der Waals surface area contributed by atoms with E-state index < -0.39 is 17.6 Å². The van der Waals surface area contributed by atoms with Gasteiger partial charge in [0, 0.05) is 29.0 Å². The molecular formula is C31H22F2N2O4S. The summed E-state index contributed by atoms with van der Waals surface area (Å²) in [4.78, 5) is 20.7. The Morgan fingerprint density at radius 2 is 1.85 bits per heavy atom. The number of nitrogens with zero attached hydrogens (tertiary/aromatic N) is 2. The normalized spacial score (nSPS) is 14.1. The number of benzene rings is 3. The van der Waals surface area contributed by atoms with Crippen molar-refractivity contribution in [2.75, 3.05) is 0 Å². The number of pyridine rings is 2. The number of carboxylic acid groups (broad SMARTS) is 1. The van der Waals surface area contributed by atoms with Gasteiger partial charge in [-0.25, -0.2) is 18.6 Å². The summed E-state index contributed by atoms with van der Waals surface area (Å²) in [6.07, 6.45) is 1.73. The third-order valence-corrected chi connectivity index (χ3v) is 7.98. The molecule has 3 aromatic carbocycles. The highest BCUT2D eigenvalue weighted by Crippen LogP contribution is 2.46. The maximum atomic E-state index is 13.7. The van der Waals surface area contributed by atoms with E-state index in [2.05, 4.69) is 9.97 Å². The molecule has 0 spiro atoms. The van der Waals surface area contributed by atoms with Gasteiger partial charge in [0.15, 0.2) is 11.6 Å². The molecule has 40 heavy (non-hydrogen) atoms. The molecule has 0 amide bonds. The molecule has 0 aliphatic carbocycles. The number of ether oxygens (including phenoxy) is 2. The van der Waals surface area contributed by atoms with Gasteiger partial charge in [0.1, 0.15) is 24.7 Å². The number of aromatic nitrogens is 2. The number of thioether (sulfide) groups is 1. The molecule has 1 unspecified atom stereocenters. The van der Waals surface area contributed by atoms with Crippen molar-refractivity contribution in [2.45, 2.75) is 24.2 Å². The van der Waals surface area contributed by atoms with Crippen LogP contribution in [0.4, 0.5) is 8.78 Å². The molecule has 200 valence electrons. The first kappa shape index (κ1) is 25.8.